The van der Waals surface area contributed by atoms with E-state index in [0.717, 1.165) is 0 Å². The molecule has 0 heterocycles. The average molecular weight is 262 g/mol. The molecule has 0 saturated carbocycles. The molecular weight excluding hydrogens is 240 g/mol. The van der Waals surface area contributed by atoms with E-state index in [2.05, 4.69) is 0 Å². The van der Waals surface area contributed by atoms with E-state index >= 15 is 0 Å². The summed E-state index contributed by atoms with van der Waals surface area (Å²) in [6.07, 6.45) is -0.333. The molecule has 1 aromatic carbocycles. The normalized spacial score (nSPS) is 8.25. The number of hydrogen-bond acceptors (Lipinski definition) is 3. The fourth-order valence-corrected chi connectivity index (χ4v) is 0.428. The number of aliphatic hydroxyl groups excluding tert-OH is 2. The number of phenolic OH excluding ortho intramolecular Hbond substituents is 1. The number of hydrogen-bond donors (Lipinski definition) is 3. The summed E-state index contributed by atoms with van der Waals surface area (Å²) < 4.78 is 0. The SMILES string of the molecule is CC(C)O.CC(C)O.Oc1ccccc1.[Ti]. The molecule has 0 saturated heterocycles. The Labute approximate surface area is 113 Å². The minimum atomic E-state index is -0.167. The summed E-state index contributed by atoms with van der Waals surface area (Å²) in [5.74, 6) is 0.322. The molecule has 1 aromatic rings. The van der Waals surface area contributed by atoms with Gasteiger partial charge in [0.2, 0.25) is 0 Å². The summed E-state index contributed by atoms with van der Waals surface area (Å²) in [5.41, 5.74) is 0. The summed E-state index contributed by atoms with van der Waals surface area (Å²) in [6, 6.07) is 8.71. The second-order valence-electron chi connectivity index (χ2n) is 3.52. The van der Waals surface area contributed by atoms with Crippen LogP contribution in [-0.2, 0) is 21.7 Å². The Hall–Kier alpha value is -0.346. The fraction of sp³-hybridized carbons (Fsp3) is 0.500. The van der Waals surface area contributed by atoms with Crippen LogP contribution in [0.2, 0.25) is 0 Å². The van der Waals surface area contributed by atoms with Gasteiger partial charge in [-0.15, -0.1) is 0 Å². The van der Waals surface area contributed by atoms with Crippen molar-refractivity contribution in [1.29, 1.82) is 0 Å². The smallest absolute Gasteiger partial charge is 0.115 e. The second-order valence-corrected chi connectivity index (χ2v) is 3.52. The standard InChI is InChI=1S/C6H6O.2C3H8O.Ti/c7-6-4-2-1-3-5-6;2*1-3(2)4;/h1-5,7H;2*3-4H,1-2H3;. The minimum absolute atomic E-state index is 0. The van der Waals surface area contributed by atoms with E-state index in [1.807, 2.05) is 6.07 Å². The molecule has 92 valence electrons. The van der Waals surface area contributed by atoms with Crippen LogP contribution in [0.25, 0.3) is 0 Å². The molecule has 0 aliphatic heterocycles. The van der Waals surface area contributed by atoms with Crippen LogP contribution in [0.15, 0.2) is 30.3 Å². The molecule has 0 aliphatic carbocycles. The maximum Gasteiger partial charge on any atom is 0.115 e. The zero-order chi connectivity index (χ0) is 12.3. The Bertz CT molecular complexity index is 201. The van der Waals surface area contributed by atoms with E-state index in [0.29, 0.717) is 5.75 Å². The molecule has 0 unspecified atom stereocenters. The zero-order valence-electron chi connectivity index (χ0n) is 10.4. The molecule has 0 amide bonds. The van der Waals surface area contributed by atoms with E-state index < -0.39 is 0 Å². The number of aromatic hydroxyl groups is 1. The largest absolute Gasteiger partial charge is 0.508 e. The van der Waals surface area contributed by atoms with Gasteiger partial charge in [0.1, 0.15) is 5.75 Å². The molecule has 0 aliphatic rings. The van der Waals surface area contributed by atoms with Gasteiger partial charge in [0.25, 0.3) is 0 Å². The topological polar surface area (TPSA) is 60.7 Å². The fourth-order valence-electron chi connectivity index (χ4n) is 0.428. The number of benzene rings is 1. The first-order valence-electron chi connectivity index (χ1n) is 4.96. The summed E-state index contributed by atoms with van der Waals surface area (Å²) >= 11 is 0. The van der Waals surface area contributed by atoms with Crippen LogP contribution in [-0.4, -0.2) is 27.5 Å². The molecule has 0 spiro atoms. The van der Waals surface area contributed by atoms with Gasteiger partial charge in [-0.3, -0.25) is 0 Å². The van der Waals surface area contributed by atoms with Gasteiger partial charge in [0.15, 0.2) is 0 Å². The molecule has 0 fully saturated rings. The number of para-hydroxylation sites is 1. The Morgan fingerprint density at radius 1 is 0.812 bits per heavy atom. The van der Waals surface area contributed by atoms with E-state index in [4.69, 9.17) is 15.3 Å². The van der Waals surface area contributed by atoms with Gasteiger partial charge in [0, 0.05) is 33.9 Å². The summed E-state index contributed by atoms with van der Waals surface area (Å²) in [6.45, 7) is 6.89. The van der Waals surface area contributed by atoms with Crippen molar-refractivity contribution in [2.24, 2.45) is 0 Å². The first-order valence-corrected chi connectivity index (χ1v) is 4.96. The van der Waals surface area contributed by atoms with Gasteiger partial charge in [-0.2, -0.15) is 0 Å². The monoisotopic (exact) mass is 262 g/mol. The van der Waals surface area contributed by atoms with E-state index in [9.17, 15) is 0 Å². The van der Waals surface area contributed by atoms with Crippen molar-refractivity contribution in [3.8, 4) is 5.75 Å². The maximum absolute atomic E-state index is 8.63. The molecule has 4 heteroatoms. The summed E-state index contributed by atoms with van der Waals surface area (Å²) in [7, 11) is 0. The Balaban J connectivity index is -0.000000166. The van der Waals surface area contributed by atoms with Crippen molar-refractivity contribution in [3.63, 3.8) is 0 Å². The first kappa shape index (κ1) is 21.0. The molecular formula is C12H22O3Ti. The van der Waals surface area contributed by atoms with Gasteiger partial charge < -0.3 is 15.3 Å². The Morgan fingerprint density at radius 2 is 1.06 bits per heavy atom. The third kappa shape index (κ3) is 37.3. The molecule has 16 heavy (non-hydrogen) atoms. The third-order valence-corrected chi connectivity index (χ3v) is 0.756. The second kappa shape index (κ2) is 14.7. The summed E-state index contributed by atoms with van der Waals surface area (Å²) in [5, 5.41) is 24.7. The van der Waals surface area contributed by atoms with Crippen molar-refractivity contribution in [3.05, 3.63) is 30.3 Å². The number of phenols is 1. The molecule has 0 radical (unpaired) electrons. The predicted octanol–water partition coefficient (Wildman–Crippen LogP) is 2.16. The molecule has 0 atom stereocenters. The van der Waals surface area contributed by atoms with Crippen molar-refractivity contribution in [2.75, 3.05) is 0 Å². The van der Waals surface area contributed by atoms with Crippen LogP contribution >= 0.6 is 0 Å². The predicted molar refractivity (Wildman–Crippen MR) is 62.8 cm³/mol. The number of aliphatic hydroxyl groups is 2. The molecule has 3 N–H and O–H groups in total. The zero-order valence-corrected chi connectivity index (χ0v) is 11.9. The molecule has 1 rings (SSSR count). The average Bonchev–Trinajstić information content (AvgIpc) is 2.03. The van der Waals surface area contributed by atoms with Crippen LogP contribution in [0.5, 0.6) is 5.75 Å². The van der Waals surface area contributed by atoms with Gasteiger partial charge in [-0.05, 0) is 39.8 Å². The van der Waals surface area contributed by atoms with Gasteiger partial charge in [0.05, 0.1) is 0 Å². The van der Waals surface area contributed by atoms with Crippen molar-refractivity contribution < 1.29 is 37.0 Å². The molecule has 0 aromatic heterocycles. The van der Waals surface area contributed by atoms with Crippen molar-refractivity contribution in [2.45, 2.75) is 39.9 Å². The minimum Gasteiger partial charge on any atom is -0.508 e. The van der Waals surface area contributed by atoms with E-state index in [1.165, 1.54) is 0 Å². The van der Waals surface area contributed by atoms with Gasteiger partial charge in [-0.25, -0.2) is 0 Å². The first-order chi connectivity index (χ1) is 6.86. The van der Waals surface area contributed by atoms with Gasteiger partial charge in [-0.1, -0.05) is 18.2 Å². The van der Waals surface area contributed by atoms with E-state index in [1.54, 1.807) is 52.0 Å². The van der Waals surface area contributed by atoms with Crippen LogP contribution in [0.4, 0.5) is 0 Å². The van der Waals surface area contributed by atoms with Crippen LogP contribution in [0, 0.1) is 0 Å². The third-order valence-electron chi connectivity index (χ3n) is 0.756. The van der Waals surface area contributed by atoms with E-state index in [-0.39, 0.29) is 33.9 Å². The quantitative estimate of drug-likeness (QED) is 0.628. The molecule has 0 bridgehead atoms. The Kier molecular flexibility index (Phi) is 19.2. The summed E-state index contributed by atoms with van der Waals surface area (Å²) in [4.78, 5) is 0. The number of rotatable bonds is 0. The Morgan fingerprint density at radius 3 is 1.19 bits per heavy atom. The van der Waals surface area contributed by atoms with Gasteiger partial charge >= 0.3 is 0 Å². The van der Waals surface area contributed by atoms with Crippen molar-refractivity contribution in [1.82, 2.24) is 0 Å². The van der Waals surface area contributed by atoms with Crippen LogP contribution in [0.1, 0.15) is 27.7 Å². The van der Waals surface area contributed by atoms with Crippen LogP contribution < -0.4 is 0 Å². The molecule has 3 nitrogen and oxygen atoms in total. The van der Waals surface area contributed by atoms with Crippen LogP contribution in [0.3, 0.4) is 0 Å². The van der Waals surface area contributed by atoms with Crippen molar-refractivity contribution >= 4 is 0 Å². The maximum atomic E-state index is 8.63.